The van der Waals surface area contributed by atoms with E-state index in [0.717, 1.165) is 0 Å². The minimum Gasteiger partial charge on any atom is -0.387 e. The van der Waals surface area contributed by atoms with Crippen LogP contribution in [0.5, 0.6) is 0 Å². The molecule has 0 spiro atoms. The van der Waals surface area contributed by atoms with Gasteiger partial charge in [-0.3, -0.25) is 0 Å². The average Bonchev–Trinajstić information content (AvgIpc) is 3.00. The zero-order chi connectivity index (χ0) is 12.9. The van der Waals surface area contributed by atoms with Crippen molar-refractivity contribution in [3.05, 3.63) is 0 Å². The van der Waals surface area contributed by atoms with Gasteiger partial charge in [0, 0.05) is 0 Å². The number of hydrogen-bond acceptors (Lipinski definition) is 6. The van der Waals surface area contributed by atoms with E-state index in [0.29, 0.717) is 12.8 Å². The minimum absolute atomic E-state index is 0.370. The fourth-order valence-electron chi connectivity index (χ4n) is 2.93. The summed E-state index contributed by atoms with van der Waals surface area (Å²) < 4.78 is 22.4. The SMILES string of the molecule is CCC1O[C@@H]2C(O)[C@@H]3OC(CC)O[C@H]3C(O)[C@@H]2O1. The lowest BCUT2D eigenvalue weighted by Crippen LogP contribution is -2.61. The summed E-state index contributed by atoms with van der Waals surface area (Å²) >= 11 is 0. The van der Waals surface area contributed by atoms with E-state index in [1.165, 1.54) is 0 Å². The molecule has 3 aliphatic rings. The van der Waals surface area contributed by atoms with E-state index in [-0.39, 0.29) is 12.6 Å². The molecule has 2 saturated heterocycles. The molecule has 8 atom stereocenters. The number of aliphatic hydroxyl groups is 2. The van der Waals surface area contributed by atoms with Crippen molar-refractivity contribution in [3.63, 3.8) is 0 Å². The largest absolute Gasteiger partial charge is 0.387 e. The summed E-state index contributed by atoms with van der Waals surface area (Å²) in [6, 6.07) is 0. The third-order valence-corrected chi connectivity index (χ3v) is 3.90. The summed E-state index contributed by atoms with van der Waals surface area (Å²) in [5.74, 6) is 0. The predicted molar refractivity (Wildman–Crippen MR) is 59.7 cm³/mol. The molecule has 4 unspecified atom stereocenters. The van der Waals surface area contributed by atoms with Gasteiger partial charge in [-0.1, -0.05) is 13.8 Å². The van der Waals surface area contributed by atoms with Crippen LogP contribution < -0.4 is 0 Å². The van der Waals surface area contributed by atoms with Gasteiger partial charge in [0.05, 0.1) is 0 Å². The van der Waals surface area contributed by atoms with Gasteiger partial charge in [-0.2, -0.15) is 0 Å². The van der Waals surface area contributed by atoms with Gasteiger partial charge in [0.25, 0.3) is 0 Å². The van der Waals surface area contributed by atoms with Crippen molar-refractivity contribution < 1.29 is 29.2 Å². The Bertz CT molecular complexity index is 257. The summed E-state index contributed by atoms with van der Waals surface area (Å²) in [6.45, 7) is 3.86. The van der Waals surface area contributed by atoms with Crippen LogP contribution in [0.1, 0.15) is 26.7 Å². The molecule has 0 aromatic rings. The molecule has 1 saturated carbocycles. The van der Waals surface area contributed by atoms with E-state index in [4.69, 9.17) is 18.9 Å². The van der Waals surface area contributed by atoms with Gasteiger partial charge < -0.3 is 29.2 Å². The number of ether oxygens (including phenoxy) is 4. The quantitative estimate of drug-likeness (QED) is 0.713. The predicted octanol–water partition coefficient (Wildman–Crippen LogP) is -0.238. The molecular weight excluding hydrogens is 240 g/mol. The summed E-state index contributed by atoms with van der Waals surface area (Å²) in [5, 5.41) is 20.5. The fourth-order valence-corrected chi connectivity index (χ4v) is 2.93. The molecule has 0 radical (unpaired) electrons. The first kappa shape index (κ1) is 12.8. The maximum atomic E-state index is 10.3. The molecule has 2 aliphatic heterocycles. The molecule has 3 fully saturated rings. The van der Waals surface area contributed by atoms with Crippen LogP contribution in [0.3, 0.4) is 0 Å². The summed E-state index contributed by atoms with van der Waals surface area (Å²) in [7, 11) is 0. The van der Waals surface area contributed by atoms with Crippen molar-refractivity contribution in [1.82, 2.24) is 0 Å². The van der Waals surface area contributed by atoms with Gasteiger partial charge in [-0.25, -0.2) is 0 Å². The van der Waals surface area contributed by atoms with Crippen molar-refractivity contribution in [3.8, 4) is 0 Å². The highest BCUT2D eigenvalue weighted by Crippen LogP contribution is 2.39. The second-order valence-electron chi connectivity index (χ2n) is 5.06. The molecule has 0 amide bonds. The average molecular weight is 260 g/mol. The van der Waals surface area contributed by atoms with E-state index in [9.17, 15) is 10.2 Å². The van der Waals surface area contributed by atoms with Crippen molar-refractivity contribution >= 4 is 0 Å². The molecule has 2 heterocycles. The monoisotopic (exact) mass is 260 g/mol. The standard InChI is InChI=1S/C12H20O6/c1-3-5-15-9-7(13)11-12(8(14)10(9)16-5)18-6(4-2)17-11/h5-14H,3-4H2,1-2H3/t5?,6?,7?,8?,9-,10-,11-,12+/m0/s1. The molecule has 104 valence electrons. The smallest absolute Gasteiger partial charge is 0.158 e. The van der Waals surface area contributed by atoms with Crippen molar-refractivity contribution in [1.29, 1.82) is 0 Å². The Labute approximate surface area is 106 Å². The number of hydrogen-bond donors (Lipinski definition) is 2. The Balaban J connectivity index is 1.79. The molecule has 0 aromatic heterocycles. The number of aliphatic hydroxyl groups excluding tert-OH is 2. The molecule has 6 heteroatoms. The van der Waals surface area contributed by atoms with Gasteiger partial charge in [0.2, 0.25) is 0 Å². The summed E-state index contributed by atoms with van der Waals surface area (Å²) in [4.78, 5) is 0. The van der Waals surface area contributed by atoms with Crippen LogP contribution in [0, 0.1) is 0 Å². The third kappa shape index (κ3) is 1.79. The molecule has 0 bridgehead atoms. The van der Waals surface area contributed by atoms with E-state index >= 15 is 0 Å². The molecule has 18 heavy (non-hydrogen) atoms. The van der Waals surface area contributed by atoms with Crippen LogP contribution in [0.4, 0.5) is 0 Å². The molecule has 1 aliphatic carbocycles. The normalized spacial score (nSPS) is 55.3. The molecule has 0 aromatic carbocycles. The first-order valence-electron chi connectivity index (χ1n) is 6.63. The Morgan fingerprint density at radius 2 is 0.944 bits per heavy atom. The van der Waals surface area contributed by atoms with E-state index in [1.807, 2.05) is 13.8 Å². The Morgan fingerprint density at radius 3 is 1.17 bits per heavy atom. The van der Waals surface area contributed by atoms with Crippen molar-refractivity contribution in [2.24, 2.45) is 0 Å². The van der Waals surface area contributed by atoms with Crippen LogP contribution in [-0.2, 0) is 18.9 Å². The summed E-state index contributed by atoms with van der Waals surface area (Å²) in [6.07, 6.45) is -3.17. The summed E-state index contributed by atoms with van der Waals surface area (Å²) in [5.41, 5.74) is 0. The van der Waals surface area contributed by atoms with Crippen LogP contribution in [0.2, 0.25) is 0 Å². The van der Waals surface area contributed by atoms with Crippen LogP contribution >= 0.6 is 0 Å². The zero-order valence-electron chi connectivity index (χ0n) is 10.6. The third-order valence-electron chi connectivity index (χ3n) is 3.90. The highest BCUT2D eigenvalue weighted by molar-refractivity contribution is 5.05. The zero-order valence-corrected chi connectivity index (χ0v) is 10.6. The van der Waals surface area contributed by atoms with E-state index in [1.54, 1.807) is 0 Å². The van der Waals surface area contributed by atoms with Gasteiger partial charge in [-0.15, -0.1) is 0 Å². The Morgan fingerprint density at radius 1 is 0.667 bits per heavy atom. The molecular formula is C12H20O6. The lowest BCUT2D eigenvalue weighted by molar-refractivity contribution is -0.152. The molecule has 6 nitrogen and oxygen atoms in total. The topological polar surface area (TPSA) is 77.4 Å². The van der Waals surface area contributed by atoms with Gasteiger partial charge in [-0.05, 0) is 12.8 Å². The Kier molecular flexibility index (Phi) is 3.34. The molecule has 3 rings (SSSR count). The highest BCUT2D eigenvalue weighted by atomic mass is 16.8. The van der Waals surface area contributed by atoms with Gasteiger partial charge in [0.1, 0.15) is 36.6 Å². The van der Waals surface area contributed by atoms with Crippen LogP contribution in [0.25, 0.3) is 0 Å². The minimum atomic E-state index is -0.823. The van der Waals surface area contributed by atoms with E-state index in [2.05, 4.69) is 0 Å². The maximum absolute atomic E-state index is 10.3. The molecule has 2 N–H and O–H groups in total. The fraction of sp³-hybridized carbons (Fsp3) is 1.00. The van der Waals surface area contributed by atoms with Gasteiger partial charge in [0.15, 0.2) is 12.6 Å². The lowest BCUT2D eigenvalue weighted by Gasteiger charge is -2.38. The van der Waals surface area contributed by atoms with Crippen LogP contribution in [-0.4, -0.2) is 59.4 Å². The second-order valence-corrected chi connectivity index (χ2v) is 5.06. The first-order valence-corrected chi connectivity index (χ1v) is 6.63. The van der Waals surface area contributed by atoms with Crippen LogP contribution in [0.15, 0.2) is 0 Å². The lowest BCUT2D eigenvalue weighted by atomic mass is 9.85. The Hall–Kier alpha value is -0.240. The second kappa shape index (κ2) is 4.70. The van der Waals surface area contributed by atoms with Crippen molar-refractivity contribution in [2.75, 3.05) is 0 Å². The highest BCUT2D eigenvalue weighted by Gasteiger charge is 2.59. The first-order chi connectivity index (χ1) is 8.65. The maximum Gasteiger partial charge on any atom is 0.158 e. The van der Waals surface area contributed by atoms with Crippen molar-refractivity contribution in [2.45, 2.75) is 75.9 Å². The van der Waals surface area contributed by atoms with Gasteiger partial charge >= 0.3 is 0 Å². The van der Waals surface area contributed by atoms with E-state index < -0.39 is 36.6 Å². The number of rotatable bonds is 2. The number of fused-ring (bicyclic) bond motifs is 2.